The number of hydrogen-bond acceptors (Lipinski definition) is 2. The Morgan fingerprint density at radius 2 is 2.10 bits per heavy atom. The lowest BCUT2D eigenvalue weighted by molar-refractivity contribution is -0.0424. The Morgan fingerprint density at radius 3 is 2.71 bits per heavy atom. The van der Waals surface area contributed by atoms with Crippen molar-refractivity contribution in [2.45, 2.75) is 50.7 Å². The first kappa shape index (κ1) is 17.1. The molecule has 0 aromatic heterocycles. The van der Waals surface area contributed by atoms with Crippen molar-refractivity contribution in [2.75, 3.05) is 14.1 Å². The lowest BCUT2D eigenvalue weighted by atomic mass is 9.71. The van der Waals surface area contributed by atoms with Crippen molar-refractivity contribution in [1.82, 2.24) is 4.90 Å². The lowest BCUT2D eigenvalue weighted by Gasteiger charge is -2.48. The third kappa shape index (κ3) is 3.56. The molecule has 118 valence electrons. The zero-order valence-corrected chi connectivity index (χ0v) is 14.6. The smallest absolute Gasteiger partial charge is 0.0764 e. The molecule has 0 amide bonds. The highest BCUT2D eigenvalue weighted by atomic mass is 35.5. The molecule has 0 radical (unpaired) electrons. The van der Waals surface area contributed by atoms with Gasteiger partial charge in [-0.1, -0.05) is 55.1 Å². The van der Waals surface area contributed by atoms with E-state index in [0.29, 0.717) is 22.4 Å². The van der Waals surface area contributed by atoms with Crippen LogP contribution in [0.4, 0.5) is 0 Å². The topological polar surface area (TPSA) is 23.5 Å². The third-order valence-corrected chi connectivity index (χ3v) is 5.82. The lowest BCUT2D eigenvalue weighted by Crippen LogP contribution is -2.56. The molecule has 0 aliphatic heterocycles. The number of halogens is 2. The van der Waals surface area contributed by atoms with Crippen molar-refractivity contribution in [3.8, 4) is 0 Å². The van der Waals surface area contributed by atoms with Gasteiger partial charge in [-0.05, 0) is 44.5 Å². The Balaban J connectivity index is 2.23. The summed E-state index contributed by atoms with van der Waals surface area (Å²) in [6, 6.07) is 5.62. The van der Waals surface area contributed by atoms with Crippen LogP contribution < -0.4 is 0 Å². The minimum atomic E-state index is -0.439. The first-order valence-electron chi connectivity index (χ1n) is 7.65. The van der Waals surface area contributed by atoms with Crippen LogP contribution in [0.15, 0.2) is 18.2 Å². The van der Waals surface area contributed by atoms with E-state index in [1.807, 2.05) is 12.1 Å². The molecular weight excluding hydrogens is 305 g/mol. The van der Waals surface area contributed by atoms with Gasteiger partial charge in [-0.2, -0.15) is 0 Å². The first-order valence-corrected chi connectivity index (χ1v) is 8.41. The van der Waals surface area contributed by atoms with Gasteiger partial charge in [0.05, 0.1) is 16.1 Å². The number of aliphatic hydroxyl groups excluding tert-OH is 1. The van der Waals surface area contributed by atoms with Crippen LogP contribution in [-0.4, -0.2) is 35.7 Å². The molecule has 2 nitrogen and oxygen atoms in total. The highest BCUT2D eigenvalue weighted by Crippen LogP contribution is 2.40. The molecule has 0 bridgehead atoms. The average Bonchev–Trinajstić information content (AvgIpc) is 2.43. The van der Waals surface area contributed by atoms with Crippen molar-refractivity contribution in [3.63, 3.8) is 0 Å². The molecule has 0 spiro atoms. The van der Waals surface area contributed by atoms with Crippen LogP contribution in [0.1, 0.15) is 38.2 Å². The van der Waals surface area contributed by atoms with Crippen molar-refractivity contribution >= 4 is 23.2 Å². The van der Waals surface area contributed by atoms with Crippen LogP contribution in [0.3, 0.4) is 0 Å². The molecule has 3 atom stereocenters. The maximum Gasteiger partial charge on any atom is 0.0764 e. The molecule has 1 aliphatic rings. The first-order chi connectivity index (χ1) is 9.86. The second-order valence-corrected chi connectivity index (χ2v) is 7.42. The largest absolute Gasteiger partial charge is 0.391 e. The van der Waals surface area contributed by atoms with Gasteiger partial charge < -0.3 is 10.0 Å². The number of nitrogens with zero attached hydrogens (tertiary/aromatic N) is 1. The number of likely N-dealkylation sites (N-methyl/N-ethyl adjacent to an activating group) is 1. The molecule has 3 unspecified atom stereocenters. The summed E-state index contributed by atoms with van der Waals surface area (Å²) in [5.74, 6) is 0.644. The number of benzene rings is 1. The predicted molar refractivity (Wildman–Crippen MR) is 90.2 cm³/mol. The van der Waals surface area contributed by atoms with Crippen LogP contribution in [0, 0.1) is 5.92 Å². The highest BCUT2D eigenvalue weighted by Gasteiger charge is 2.43. The Hall–Kier alpha value is -0.280. The van der Waals surface area contributed by atoms with Gasteiger partial charge in [-0.3, -0.25) is 0 Å². The minimum Gasteiger partial charge on any atom is -0.391 e. The Bertz CT molecular complexity index is 492. The van der Waals surface area contributed by atoms with Gasteiger partial charge in [-0.25, -0.2) is 0 Å². The predicted octanol–water partition coefficient (Wildman–Crippen LogP) is 4.41. The fourth-order valence-corrected chi connectivity index (χ4v) is 4.07. The zero-order valence-electron chi connectivity index (χ0n) is 13.1. The second kappa shape index (κ2) is 6.87. The van der Waals surface area contributed by atoms with E-state index in [2.05, 4.69) is 25.9 Å². The van der Waals surface area contributed by atoms with E-state index in [1.165, 1.54) is 12.8 Å². The van der Waals surface area contributed by atoms with Crippen molar-refractivity contribution in [1.29, 1.82) is 0 Å². The summed E-state index contributed by atoms with van der Waals surface area (Å²) in [5, 5.41) is 12.1. The maximum absolute atomic E-state index is 10.9. The summed E-state index contributed by atoms with van der Waals surface area (Å²) in [4.78, 5) is 2.20. The fraction of sp³-hybridized carbons (Fsp3) is 0.647. The second-order valence-electron chi connectivity index (χ2n) is 6.63. The summed E-state index contributed by atoms with van der Waals surface area (Å²) in [6.07, 6.45) is 4.58. The van der Waals surface area contributed by atoms with E-state index in [-0.39, 0.29) is 5.54 Å². The summed E-state index contributed by atoms with van der Waals surface area (Å²) >= 11 is 12.4. The van der Waals surface area contributed by atoms with Crippen LogP contribution in [0.5, 0.6) is 0 Å². The SMILES string of the molecule is CC1CCCC(C(O)Cc2cccc(Cl)c2Cl)(N(C)C)C1. The molecule has 1 N–H and O–H groups in total. The summed E-state index contributed by atoms with van der Waals surface area (Å²) < 4.78 is 0. The maximum atomic E-state index is 10.9. The normalized spacial score (nSPS) is 27.9. The Kier molecular flexibility index (Phi) is 5.59. The monoisotopic (exact) mass is 329 g/mol. The number of hydrogen-bond donors (Lipinski definition) is 1. The van der Waals surface area contributed by atoms with Crippen molar-refractivity contribution < 1.29 is 5.11 Å². The Labute approximate surface area is 138 Å². The van der Waals surface area contributed by atoms with E-state index in [0.717, 1.165) is 18.4 Å². The van der Waals surface area contributed by atoms with Crippen LogP contribution in [-0.2, 0) is 6.42 Å². The van der Waals surface area contributed by atoms with E-state index in [4.69, 9.17) is 23.2 Å². The molecule has 21 heavy (non-hydrogen) atoms. The van der Waals surface area contributed by atoms with Gasteiger partial charge in [0.2, 0.25) is 0 Å². The standard InChI is InChI=1S/C17H25Cl2NO/c1-12-6-5-9-17(11-12,20(2)3)15(21)10-13-7-4-8-14(18)16(13)19/h4,7-8,12,15,21H,5-6,9-11H2,1-3H3. The third-order valence-electron chi connectivity index (χ3n) is 4.96. The molecular formula is C17H25Cl2NO. The van der Waals surface area contributed by atoms with E-state index < -0.39 is 6.10 Å². The quantitative estimate of drug-likeness (QED) is 0.884. The van der Waals surface area contributed by atoms with Crippen LogP contribution in [0.25, 0.3) is 0 Å². The molecule has 2 rings (SSSR count). The van der Waals surface area contributed by atoms with E-state index in [1.54, 1.807) is 6.07 Å². The van der Waals surface area contributed by atoms with Crippen molar-refractivity contribution in [3.05, 3.63) is 33.8 Å². The molecule has 0 heterocycles. The van der Waals surface area contributed by atoms with Gasteiger partial charge in [0.15, 0.2) is 0 Å². The van der Waals surface area contributed by atoms with Gasteiger partial charge in [-0.15, -0.1) is 0 Å². The Morgan fingerprint density at radius 1 is 1.38 bits per heavy atom. The average molecular weight is 330 g/mol. The van der Waals surface area contributed by atoms with Gasteiger partial charge in [0.1, 0.15) is 0 Å². The molecule has 4 heteroatoms. The van der Waals surface area contributed by atoms with Gasteiger partial charge in [0, 0.05) is 12.0 Å². The van der Waals surface area contributed by atoms with E-state index in [9.17, 15) is 5.11 Å². The number of aliphatic hydroxyl groups is 1. The van der Waals surface area contributed by atoms with Crippen molar-refractivity contribution in [2.24, 2.45) is 5.92 Å². The molecule has 1 aliphatic carbocycles. The summed E-state index contributed by atoms with van der Waals surface area (Å²) in [6.45, 7) is 2.27. The molecule has 1 aromatic carbocycles. The highest BCUT2D eigenvalue weighted by molar-refractivity contribution is 6.42. The molecule has 1 aromatic rings. The van der Waals surface area contributed by atoms with Crippen LogP contribution >= 0.6 is 23.2 Å². The van der Waals surface area contributed by atoms with E-state index >= 15 is 0 Å². The molecule has 0 saturated heterocycles. The minimum absolute atomic E-state index is 0.163. The zero-order chi connectivity index (χ0) is 15.6. The van der Waals surface area contributed by atoms with Crippen LogP contribution in [0.2, 0.25) is 10.0 Å². The molecule has 1 fully saturated rings. The molecule has 1 saturated carbocycles. The summed E-state index contributed by atoms with van der Waals surface area (Å²) in [7, 11) is 4.14. The number of rotatable bonds is 4. The summed E-state index contributed by atoms with van der Waals surface area (Å²) in [5.41, 5.74) is 0.764. The van der Waals surface area contributed by atoms with Gasteiger partial charge >= 0.3 is 0 Å². The van der Waals surface area contributed by atoms with Gasteiger partial charge in [0.25, 0.3) is 0 Å². The fourth-order valence-electron chi connectivity index (χ4n) is 3.68.